The Hall–Kier alpha value is -2.28. The van der Waals surface area contributed by atoms with Crippen molar-refractivity contribution < 1.29 is 19.4 Å². The van der Waals surface area contributed by atoms with E-state index in [0.29, 0.717) is 17.6 Å². The van der Waals surface area contributed by atoms with Crippen LogP contribution >= 0.6 is 0 Å². The largest absolute Gasteiger partial charge is 0.497 e. The van der Waals surface area contributed by atoms with Crippen molar-refractivity contribution in [1.82, 2.24) is 0 Å². The molecule has 0 bridgehead atoms. The molecule has 0 aromatic heterocycles. The Morgan fingerprint density at radius 2 is 2.20 bits per heavy atom. The fourth-order valence-electron chi connectivity index (χ4n) is 1.03. The third-order valence-electron chi connectivity index (χ3n) is 1.66. The first-order valence-electron chi connectivity index (χ1n) is 4.05. The van der Waals surface area contributed by atoms with Crippen LogP contribution in [-0.2, 0) is 4.79 Å². The number of aldehydes is 1. The minimum Gasteiger partial charge on any atom is -0.497 e. The van der Waals surface area contributed by atoms with E-state index in [9.17, 15) is 9.59 Å². The zero-order valence-electron chi connectivity index (χ0n) is 7.98. The minimum absolute atomic E-state index is 0.0737. The normalized spacial score (nSPS) is 8.60. The number of benzene rings is 1. The summed E-state index contributed by atoms with van der Waals surface area (Å²) in [7, 11) is 1.43. The number of carboxylic acids is 1. The van der Waals surface area contributed by atoms with Gasteiger partial charge in [0, 0.05) is 5.56 Å². The topological polar surface area (TPSA) is 63.6 Å². The van der Waals surface area contributed by atoms with E-state index in [4.69, 9.17) is 9.84 Å². The zero-order valence-corrected chi connectivity index (χ0v) is 7.98. The molecule has 1 aromatic carbocycles. The van der Waals surface area contributed by atoms with Gasteiger partial charge in [0.2, 0.25) is 0 Å². The van der Waals surface area contributed by atoms with Gasteiger partial charge in [0.25, 0.3) is 0 Å². The summed E-state index contributed by atoms with van der Waals surface area (Å²) in [4.78, 5) is 20.8. The van der Waals surface area contributed by atoms with Crippen molar-refractivity contribution in [2.45, 2.75) is 0 Å². The quantitative estimate of drug-likeness (QED) is 0.575. The molecule has 0 saturated carbocycles. The summed E-state index contributed by atoms with van der Waals surface area (Å²) in [5, 5.41) is 8.78. The number of aromatic carboxylic acids is 1. The maximum atomic E-state index is 10.7. The molecule has 0 fully saturated rings. The second-order valence-electron chi connectivity index (χ2n) is 2.64. The molecule has 1 N–H and O–H groups in total. The average Bonchev–Trinajstić information content (AvgIpc) is 2.25. The summed E-state index contributed by atoms with van der Waals surface area (Å²) in [6.45, 7) is 0. The van der Waals surface area contributed by atoms with E-state index in [1.807, 2.05) is 0 Å². The van der Waals surface area contributed by atoms with Gasteiger partial charge in [-0.2, -0.15) is 0 Å². The van der Waals surface area contributed by atoms with E-state index in [1.165, 1.54) is 19.2 Å². The van der Waals surface area contributed by atoms with Crippen molar-refractivity contribution in [2.24, 2.45) is 0 Å². The summed E-state index contributed by atoms with van der Waals surface area (Å²) in [6, 6.07) is 4.32. The van der Waals surface area contributed by atoms with Gasteiger partial charge < -0.3 is 9.84 Å². The Bertz CT molecular complexity index is 451. The molecule has 4 heteroatoms. The van der Waals surface area contributed by atoms with Gasteiger partial charge in [0.15, 0.2) is 6.29 Å². The highest BCUT2D eigenvalue weighted by atomic mass is 16.5. The Balaban J connectivity index is 3.22. The lowest BCUT2D eigenvalue weighted by Gasteiger charge is -2.02. The van der Waals surface area contributed by atoms with Crippen LogP contribution in [0.2, 0.25) is 0 Å². The van der Waals surface area contributed by atoms with Crippen molar-refractivity contribution >= 4 is 12.3 Å². The lowest BCUT2D eigenvalue weighted by molar-refractivity contribution is -0.103. The van der Waals surface area contributed by atoms with Crippen LogP contribution in [0.4, 0.5) is 0 Å². The summed E-state index contributed by atoms with van der Waals surface area (Å²) < 4.78 is 4.91. The Labute approximate surface area is 86.5 Å². The number of hydrogen-bond acceptors (Lipinski definition) is 3. The molecule has 0 radical (unpaired) electrons. The van der Waals surface area contributed by atoms with E-state index < -0.39 is 5.97 Å². The van der Waals surface area contributed by atoms with E-state index in [2.05, 4.69) is 11.8 Å². The molecular formula is C11H8O4. The first kappa shape index (κ1) is 10.8. The average molecular weight is 204 g/mol. The van der Waals surface area contributed by atoms with E-state index in [1.54, 1.807) is 6.07 Å². The van der Waals surface area contributed by atoms with Crippen LogP contribution in [-0.4, -0.2) is 24.5 Å². The van der Waals surface area contributed by atoms with Crippen molar-refractivity contribution in [3.05, 3.63) is 29.3 Å². The summed E-state index contributed by atoms with van der Waals surface area (Å²) in [5.41, 5.74) is 0.503. The molecule has 1 rings (SSSR count). The third-order valence-corrected chi connectivity index (χ3v) is 1.66. The molecule has 0 saturated heterocycles. The summed E-state index contributed by atoms with van der Waals surface area (Å²) in [6.07, 6.45) is 0.444. The number of ether oxygens (including phenoxy) is 1. The molecular weight excluding hydrogens is 196 g/mol. The highest BCUT2D eigenvalue weighted by molar-refractivity contribution is 5.88. The van der Waals surface area contributed by atoms with Crippen LogP contribution < -0.4 is 4.74 Å². The van der Waals surface area contributed by atoms with Gasteiger partial charge in [0.1, 0.15) is 5.75 Å². The highest BCUT2D eigenvalue weighted by Gasteiger charge is 2.05. The SMILES string of the molecule is COc1cc(C#CC=O)cc(C(=O)O)c1. The fourth-order valence-corrected chi connectivity index (χ4v) is 1.03. The lowest BCUT2D eigenvalue weighted by atomic mass is 10.1. The summed E-state index contributed by atoms with van der Waals surface area (Å²) >= 11 is 0. The minimum atomic E-state index is -1.07. The summed E-state index contributed by atoms with van der Waals surface area (Å²) in [5.74, 6) is 4.03. The molecule has 0 unspecified atom stereocenters. The number of methoxy groups -OCH3 is 1. The monoisotopic (exact) mass is 204 g/mol. The number of carbonyl (C=O) groups excluding carboxylic acids is 1. The van der Waals surface area contributed by atoms with Gasteiger partial charge in [-0.3, -0.25) is 4.79 Å². The zero-order chi connectivity index (χ0) is 11.3. The standard InChI is InChI=1S/C11H8O4/c1-15-10-6-8(3-2-4-12)5-9(7-10)11(13)14/h4-7H,1H3,(H,13,14). The van der Waals surface area contributed by atoms with E-state index in [0.717, 1.165) is 0 Å². The Kier molecular flexibility index (Phi) is 3.47. The number of carboxylic acid groups (broad SMARTS) is 1. The van der Waals surface area contributed by atoms with Crippen LogP contribution in [0.25, 0.3) is 0 Å². The second kappa shape index (κ2) is 4.82. The number of carbonyl (C=O) groups is 2. The van der Waals surface area contributed by atoms with Gasteiger partial charge in [-0.1, -0.05) is 5.92 Å². The van der Waals surface area contributed by atoms with Crippen LogP contribution in [0, 0.1) is 11.8 Å². The molecule has 0 aliphatic heterocycles. The van der Waals surface area contributed by atoms with E-state index >= 15 is 0 Å². The van der Waals surface area contributed by atoms with Gasteiger partial charge >= 0.3 is 5.97 Å². The van der Waals surface area contributed by atoms with Gasteiger partial charge in [-0.15, -0.1) is 0 Å². The molecule has 4 nitrogen and oxygen atoms in total. The molecule has 76 valence electrons. The maximum Gasteiger partial charge on any atom is 0.335 e. The molecule has 0 aliphatic rings. The number of hydrogen-bond donors (Lipinski definition) is 1. The fraction of sp³-hybridized carbons (Fsp3) is 0.0909. The van der Waals surface area contributed by atoms with Gasteiger partial charge in [-0.25, -0.2) is 4.79 Å². The third kappa shape index (κ3) is 2.85. The van der Waals surface area contributed by atoms with Crippen molar-refractivity contribution in [3.63, 3.8) is 0 Å². The predicted molar refractivity (Wildman–Crippen MR) is 52.9 cm³/mol. The molecule has 1 aromatic rings. The van der Waals surface area contributed by atoms with Crippen LogP contribution in [0.15, 0.2) is 18.2 Å². The first-order valence-corrected chi connectivity index (χ1v) is 4.05. The van der Waals surface area contributed by atoms with Crippen LogP contribution in [0.1, 0.15) is 15.9 Å². The lowest BCUT2D eigenvalue weighted by Crippen LogP contribution is -1.98. The molecule has 0 amide bonds. The van der Waals surface area contributed by atoms with Crippen LogP contribution in [0.5, 0.6) is 5.75 Å². The Morgan fingerprint density at radius 1 is 1.47 bits per heavy atom. The van der Waals surface area contributed by atoms with Crippen LogP contribution in [0.3, 0.4) is 0 Å². The van der Waals surface area contributed by atoms with Crippen molar-refractivity contribution in [2.75, 3.05) is 7.11 Å². The first-order chi connectivity index (χ1) is 7.17. The molecule has 0 spiro atoms. The second-order valence-corrected chi connectivity index (χ2v) is 2.64. The van der Waals surface area contributed by atoms with Gasteiger partial charge in [-0.05, 0) is 24.1 Å². The maximum absolute atomic E-state index is 10.7. The van der Waals surface area contributed by atoms with Crippen molar-refractivity contribution in [1.29, 1.82) is 0 Å². The predicted octanol–water partition coefficient (Wildman–Crippen LogP) is 0.944. The smallest absolute Gasteiger partial charge is 0.335 e. The Morgan fingerprint density at radius 3 is 2.73 bits per heavy atom. The highest BCUT2D eigenvalue weighted by Crippen LogP contribution is 2.16. The van der Waals surface area contributed by atoms with E-state index in [-0.39, 0.29) is 5.56 Å². The number of rotatable bonds is 2. The molecule has 0 aliphatic carbocycles. The van der Waals surface area contributed by atoms with Crippen molar-refractivity contribution in [3.8, 4) is 17.6 Å². The van der Waals surface area contributed by atoms with Gasteiger partial charge in [0.05, 0.1) is 12.7 Å². The molecule has 0 heterocycles. The molecule has 0 atom stereocenters. The molecule has 15 heavy (non-hydrogen) atoms.